The number of rotatable bonds is 10. The van der Waals surface area contributed by atoms with Gasteiger partial charge in [-0.1, -0.05) is 37.6 Å². The molecule has 4 aliphatic rings. The Bertz CT molecular complexity index is 1580. The normalized spacial score (nSPS) is 30.7. The third kappa shape index (κ3) is 6.10. The van der Waals surface area contributed by atoms with E-state index in [1.807, 2.05) is 30.3 Å². The number of hydrogen-bond acceptors (Lipinski definition) is 6. The molecule has 0 aliphatic heterocycles. The van der Waals surface area contributed by atoms with Gasteiger partial charge in [-0.3, -0.25) is 19.2 Å². The lowest BCUT2D eigenvalue weighted by Gasteiger charge is -2.57. The van der Waals surface area contributed by atoms with Crippen LogP contribution < -0.4 is 10.6 Å². The molecule has 4 aliphatic carbocycles. The van der Waals surface area contributed by atoms with E-state index in [1.54, 1.807) is 6.20 Å². The molecule has 3 saturated carbocycles. The predicted octanol–water partition coefficient (Wildman–Crippen LogP) is 4.62. The highest BCUT2D eigenvalue weighted by Crippen LogP contribution is 2.65. The first-order valence-corrected chi connectivity index (χ1v) is 16.7. The molecule has 10 heteroatoms. The number of ketones is 1. The van der Waals surface area contributed by atoms with Crippen LogP contribution in [0.25, 0.3) is 10.9 Å². The van der Waals surface area contributed by atoms with E-state index in [2.05, 4.69) is 29.5 Å². The summed E-state index contributed by atoms with van der Waals surface area (Å²) < 4.78 is 6.02. The average molecular weight is 632 g/mol. The molecule has 7 atom stereocenters. The molecule has 0 bridgehead atoms. The van der Waals surface area contributed by atoms with Crippen molar-refractivity contribution in [2.75, 3.05) is 6.54 Å². The lowest BCUT2D eigenvalue weighted by molar-refractivity contribution is -0.160. The highest BCUT2D eigenvalue weighted by molar-refractivity contribution is 5.92. The Morgan fingerprint density at radius 2 is 1.80 bits per heavy atom. The fourth-order valence-electron chi connectivity index (χ4n) is 9.37. The first-order chi connectivity index (χ1) is 22.0. The molecule has 0 radical (unpaired) electrons. The van der Waals surface area contributed by atoms with Crippen molar-refractivity contribution in [1.82, 2.24) is 15.6 Å². The van der Waals surface area contributed by atoms with Crippen molar-refractivity contribution in [2.24, 2.45) is 28.6 Å². The molecule has 2 aromatic rings. The Morgan fingerprint density at radius 1 is 1.00 bits per heavy atom. The van der Waals surface area contributed by atoms with Gasteiger partial charge in [-0.05, 0) is 85.8 Å². The van der Waals surface area contributed by atoms with E-state index in [0.29, 0.717) is 24.2 Å². The molecule has 4 N–H and O–H groups in total. The van der Waals surface area contributed by atoms with Crippen molar-refractivity contribution >= 4 is 40.4 Å². The lowest BCUT2D eigenvalue weighted by Crippen LogP contribution is -2.51. The summed E-state index contributed by atoms with van der Waals surface area (Å²) in [5, 5.41) is 15.5. The zero-order valence-corrected chi connectivity index (χ0v) is 26.7. The lowest BCUT2D eigenvalue weighted by atomic mass is 9.47. The van der Waals surface area contributed by atoms with Crippen LogP contribution in [0.5, 0.6) is 0 Å². The van der Waals surface area contributed by atoms with E-state index in [-0.39, 0.29) is 48.5 Å². The summed E-state index contributed by atoms with van der Waals surface area (Å²) in [5.41, 5.74) is 3.00. The number of carbonyl (C=O) groups is 5. The topological polar surface area (TPSA) is 155 Å². The third-order valence-corrected chi connectivity index (χ3v) is 11.9. The van der Waals surface area contributed by atoms with Gasteiger partial charge in [-0.25, -0.2) is 4.79 Å². The summed E-state index contributed by atoms with van der Waals surface area (Å²) in [6.45, 7) is 4.24. The molecule has 1 heterocycles. The SMILES string of the molecule is C[C@]12CCC3C(CCC4=CC(=O)CC[C@@]43C)C1CCC2OC(=O)CCC(=O)NCC(=O)NC(Cc1c[nH]c2ccccc12)C(=O)O. The molecule has 46 heavy (non-hydrogen) atoms. The van der Waals surface area contributed by atoms with Crippen LogP contribution in [0, 0.1) is 28.6 Å². The minimum atomic E-state index is -1.17. The summed E-state index contributed by atoms with van der Waals surface area (Å²) >= 11 is 0. The molecule has 1 aromatic heterocycles. The number of allylic oxidation sites excluding steroid dienone is 1. The Morgan fingerprint density at radius 3 is 2.61 bits per heavy atom. The molecular formula is C36H45N3O7. The molecule has 10 nitrogen and oxygen atoms in total. The van der Waals surface area contributed by atoms with Crippen molar-refractivity contribution in [2.45, 2.75) is 96.6 Å². The van der Waals surface area contributed by atoms with Crippen molar-refractivity contribution in [3.05, 3.63) is 47.7 Å². The fraction of sp³-hybridized carbons (Fsp3) is 0.583. The van der Waals surface area contributed by atoms with Gasteiger partial charge in [0.15, 0.2) is 5.78 Å². The first kappa shape index (κ1) is 32.0. The quantitative estimate of drug-likeness (QED) is 0.279. The van der Waals surface area contributed by atoms with Crippen LogP contribution in [0.4, 0.5) is 0 Å². The van der Waals surface area contributed by atoms with E-state index in [9.17, 15) is 29.1 Å². The predicted molar refractivity (Wildman–Crippen MR) is 170 cm³/mol. The maximum atomic E-state index is 12.9. The van der Waals surface area contributed by atoms with Gasteiger partial charge >= 0.3 is 11.9 Å². The highest BCUT2D eigenvalue weighted by Gasteiger charge is 2.60. The Kier molecular flexibility index (Phi) is 8.83. The van der Waals surface area contributed by atoms with Crippen LogP contribution >= 0.6 is 0 Å². The molecule has 5 unspecified atom stereocenters. The van der Waals surface area contributed by atoms with Crippen LogP contribution in [0.15, 0.2) is 42.1 Å². The maximum Gasteiger partial charge on any atom is 0.326 e. The molecule has 2 amide bonds. The smallest absolute Gasteiger partial charge is 0.326 e. The number of fused-ring (bicyclic) bond motifs is 6. The zero-order chi connectivity index (χ0) is 32.6. The Balaban J connectivity index is 0.955. The second-order valence-corrected chi connectivity index (χ2v) is 14.4. The van der Waals surface area contributed by atoms with Crippen molar-refractivity contribution in [1.29, 1.82) is 0 Å². The van der Waals surface area contributed by atoms with E-state index in [1.165, 1.54) is 5.57 Å². The Labute approximate surface area is 269 Å². The van der Waals surface area contributed by atoms with Gasteiger partial charge in [0, 0.05) is 41.8 Å². The number of esters is 1. The number of H-pyrrole nitrogens is 1. The number of hydrogen-bond donors (Lipinski definition) is 4. The second kappa shape index (κ2) is 12.7. The zero-order valence-electron chi connectivity index (χ0n) is 26.7. The average Bonchev–Trinajstić information content (AvgIpc) is 3.59. The summed E-state index contributed by atoms with van der Waals surface area (Å²) in [6.07, 6.45) is 10.9. The number of carboxylic acid groups (broad SMARTS) is 1. The molecule has 0 saturated heterocycles. The van der Waals surface area contributed by atoms with E-state index in [0.717, 1.165) is 61.4 Å². The van der Waals surface area contributed by atoms with Gasteiger partial charge in [0.1, 0.15) is 12.1 Å². The van der Waals surface area contributed by atoms with Crippen molar-refractivity contribution < 1.29 is 33.8 Å². The van der Waals surface area contributed by atoms with Gasteiger partial charge in [0.2, 0.25) is 11.8 Å². The van der Waals surface area contributed by atoms with Gasteiger partial charge in [-0.15, -0.1) is 0 Å². The van der Waals surface area contributed by atoms with Gasteiger partial charge < -0.3 is 25.5 Å². The van der Waals surface area contributed by atoms with Crippen LogP contribution in [-0.4, -0.2) is 58.3 Å². The number of carbonyl (C=O) groups excluding carboxylic acids is 4. The Hall–Kier alpha value is -3.95. The monoisotopic (exact) mass is 631 g/mol. The minimum Gasteiger partial charge on any atom is -0.480 e. The maximum absolute atomic E-state index is 12.9. The molecule has 6 rings (SSSR count). The van der Waals surface area contributed by atoms with Gasteiger partial charge in [0.25, 0.3) is 0 Å². The number of ether oxygens (including phenoxy) is 1. The fourth-order valence-corrected chi connectivity index (χ4v) is 9.37. The number of aromatic amines is 1. The summed E-state index contributed by atoms with van der Waals surface area (Å²) in [4.78, 5) is 64.9. The number of aliphatic carboxylic acids is 1. The van der Waals surface area contributed by atoms with E-state index < -0.39 is 29.8 Å². The molecule has 246 valence electrons. The number of nitrogens with one attached hydrogen (secondary N) is 3. The van der Waals surface area contributed by atoms with E-state index in [4.69, 9.17) is 4.74 Å². The number of carboxylic acids is 1. The molecule has 3 fully saturated rings. The number of amides is 2. The number of aromatic nitrogens is 1. The highest BCUT2D eigenvalue weighted by atomic mass is 16.5. The molecule has 0 spiro atoms. The standard InChI is InChI=1S/C36H45N3O7/c1-35-15-13-23(40)18-22(35)7-8-25-26-9-10-30(36(26,2)16-14-27(25)35)46-33(43)12-11-31(41)38-20-32(42)39-29(34(44)45)17-21-19-37-28-6-4-3-5-24(21)28/h3-6,18-19,25-27,29-30,37H,7-17,20H2,1-2H3,(H,38,41)(H,39,42)(H,44,45)/t25?,26?,27?,29?,30?,35-,36-/m0/s1. The van der Waals surface area contributed by atoms with Crippen LogP contribution in [0.3, 0.4) is 0 Å². The van der Waals surface area contributed by atoms with Crippen molar-refractivity contribution in [3.63, 3.8) is 0 Å². The summed E-state index contributed by atoms with van der Waals surface area (Å²) in [5.74, 6) is -0.808. The van der Waals surface area contributed by atoms with Gasteiger partial charge in [0.05, 0.1) is 13.0 Å². The van der Waals surface area contributed by atoms with Crippen LogP contribution in [0.1, 0.15) is 83.6 Å². The second-order valence-electron chi connectivity index (χ2n) is 14.4. The van der Waals surface area contributed by atoms with E-state index >= 15 is 0 Å². The van der Waals surface area contributed by atoms with Crippen LogP contribution in [-0.2, 0) is 35.1 Å². The number of para-hydroxylation sites is 1. The first-order valence-electron chi connectivity index (χ1n) is 16.7. The molecule has 1 aromatic carbocycles. The third-order valence-electron chi connectivity index (χ3n) is 11.9. The number of benzene rings is 1. The molecular weight excluding hydrogens is 586 g/mol. The van der Waals surface area contributed by atoms with Crippen LogP contribution in [0.2, 0.25) is 0 Å². The summed E-state index contributed by atoms with van der Waals surface area (Å²) in [6, 6.07) is 6.35. The van der Waals surface area contributed by atoms with Crippen molar-refractivity contribution in [3.8, 4) is 0 Å². The largest absolute Gasteiger partial charge is 0.480 e. The summed E-state index contributed by atoms with van der Waals surface area (Å²) in [7, 11) is 0. The van der Waals surface area contributed by atoms with Gasteiger partial charge in [-0.2, -0.15) is 0 Å². The minimum absolute atomic E-state index is 0.0880.